The first-order valence-corrected chi connectivity index (χ1v) is 7.07. The van der Waals surface area contributed by atoms with E-state index in [1.54, 1.807) is 6.07 Å². The van der Waals surface area contributed by atoms with E-state index in [-0.39, 0.29) is 5.69 Å². The maximum absolute atomic E-state index is 10.8. The molecule has 0 bridgehead atoms. The van der Waals surface area contributed by atoms with Crippen LogP contribution in [0.3, 0.4) is 0 Å². The molecule has 0 aliphatic heterocycles. The molecule has 2 aromatic rings. The van der Waals surface area contributed by atoms with Crippen molar-refractivity contribution in [3.63, 3.8) is 0 Å². The first kappa shape index (κ1) is 14.8. The van der Waals surface area contributed by atoms with E-state index in [4.69, 9.17) is 11.6 Å². The SMILES string of the molecule is Cc1ccc(NCc2cc([N+](=O)[O-])ccc2Cl)cc1Br. The number of halogens is 2. The number of benzene rings is 2. The lowest BCUT2D eigenvalue weighted by atomic mass is 10.2. The lowest BCUT2D eigenvalue weighted by Gasteiger charge is -2.09. The summed E-state index contributed by atoms with van der Waals surface area (Å²) >= 11 is 9.51. The van der Waals surface area contributed by atoms with Crippen LogP contribution in [0.15, 0.2) is 40.9 Å². The molecule has 0 spiro atoms. The molecule has 1 N–H and O–H groups in total. The molecule has 4 nitrogen and oxygen atoms in total. The summed E-state index contributed by atoms with van der Waals surface area (Å²) < 4.78 is 1.01. The quantitative estimate of drug-likeness (QED) is 0.625. The van der Waals surface area contributed by atoms with Gasteiger partial charge in [0.15, 0.2) is 0 Å². The monoisotopic (exact) mass is 354 g/mol. The van der Waals surface area contributed by atoms with Gasteiger partial charge in [-0.25, -0.2) is 0 Å². The summed E-state index contributed by atoms with van der Waals surface area (Å²) in [6, 6.07) is 10.3. The Kier molecular flexibility index (Phi) is 4.62. The van der Waals surface area contributed by atoms with Crippen LogP contribution in [0.4, 0.5) is 11.4 Å². The molecule has 2 rings (SSSR count). The van der Waals surface area contributed by atoms with E-state index in [1.165, 1.54) is 12.1 Å². The van der Waals surface area contributed by atoms with Crippen molar-refractivity contribution in [1.29, 1.82) is 0 Å². The summed E-state index contributed by atoms with van der Waals surface area (Å²) in [6.45, 7) is 2.43. The first-order valence-electron chi connectivity index (χ1n) is 5.90. The average molecular weight is 356 g/mol. The second-order valence-electron chi connectivity index (χ2n) is 4.35. The summed E-state index contributed by atoms with van der Waals surface area (Å²) in [7, 11) is 0. The second kappa shape index (κ2) is 6.24. The van der Waals surface area contributed by atoms with Crippen molar-refractivity contribution in [2.24, 2.45) is 0 Å². The smallest absolute Gasteiger partial charge is 0.269 e. The van der Waals surface area contributed by atoms with Crippen LogP contribution >= 0.6 is 27.5 Å². The van der Waals surface area contributed by atoms with Crippen LogP contribution in [0.2, 0.25) is 5.02 Å². The zero-order valence-electron chi connectivity index (χ0n) is 10.7. The Hall–Kier alpha value is -1.59. The van der Waals surface area contributed by atoms with Gasteiger partial charge in [-0.05, 0) is 36.2 Å². The molecule has 6 heteroatoms. The molecule has 0 unspecified atom stereocenters. The Balaban J connectivity index is 2.15. The minimum atomic E-state index is -0.428. The zero-order valence-corrected chi connectivity index (χ0v) is 13.0. The Bertz CT molecular complexity index is 662. The van der Waals surface area contributed by atoms with Crippen molar-refractivity contribution in [2.45, 2.75) is 13.5 Å². The summed E-state index contributed by atoms with van der Waals surface area (Å²) in [4.78, 5) is 10.3. The van der Waals surface area contributed by atoms with E-state index in [1.807, 2.05) is 25.1 Å². The van der Waals surface area contributed by atoms with Gasteiger partial charge in [0.2, 0.25) is 0 Å². The first-order chi connectivity index (χ1) is 9.47. The second-order valence-corrected chi connectivity index (χ2v) is 5.61. The molecule has 0 aliphatic carbocycles. The molecule has 0 atom stereocenters. The van der Waals surface area contributed by atoms with Crippen molar-refractivity contribution in [1.82, 2.24) is 0 Å². The molecule has 0 aliphatic rings. The van der Waals surface area contributed by atoms with E-state index >= 15 is 0 Å². The molecule has 0 heterocycles. The molecule has 0 amide bonds. The maximum Gasteiger partial charge on any atom is 0.269 e. The molecule has 0 radical (unpaired) electrons. The molecule has 0 aromatic heterocycles. The molecule has 0 saturated carbocycles. The third kappa shape index (κ3) is 3.49. The van der Waals surface area contributed by atoms with Crippen LogP contribution in [0.5, 0.6) is 0 Å². The van der Waals surface area contributed by atoms with Gasteiger partial charge in [0.25, 0.3) is 5.69 Å². The van der Waals surface area contributed by atoms with Gasteiger partial charge >= 0.3 is 0 Å². The fourth-order valence-electron chi connectivity index (χ4n) is 1.71. The largest absolute Gasteiger partial charge is 0.381 e. The highest BCUT2D eigenvalue weighted by Gasteiger charge is 2.09. The fourth-order valence-corrected chi connectivity index (χ4v) is 2.27. The third-order valence-corrected chi connectivity index (χ3v) is 4.12. The number of rotatable bonds is 4. The number of nitrogens with one attached hydrogen (secondary N) is 1. The van der Waals surface area contributed by atoms with E-state index in [2.05, 4.69) is 21.2 Å². The van der Waals surface area contributed by atoms with Gasteiger partial charge < -0.3 is 5.32 Å². The van der Waals surface area contributed by atoms with Crippen LogP contribution in [-0.4, -0.2) is 4.92 Å². The van der Waals surface area contributed by atoms with E-state index in [9.17, 15) is 10.1 Å². The van der Waals surface area contributed by atoms with Crippen molar-refractivity contribution < 1.29 is 4.92 Å². The van der Waals surface area contributed by atoms with Gasteiger partial charge in [-0.15, -0.1) is 0 Å². The van der Waals surface area contributed by atoms with E-state index < -0.39 is 4.92 Å². The van der Waals surface area contributed by atoms with Crippen molar-refractivity contribution in [2.75, 3.05) is 5.32 Å². The van der Waals surface area contributed by atoms with E-state index in [0.717, 1.165) is 15.7 Å². The summed E-state index contributed by atoms with van der Waals surface area (Å²) in [6.07, 6.45) is 0. The Labute approximate surface area is 130 Å². The molecule has 0 fully saturated rings. The van der Waals surface area contributed by atoms with Crippen LogP contribution in [0.25, 0.3) is 0 Å². The molecule has 2 aromatic carbocycles. The van der Waals surface area contributed by atoms with Crippen LogP contribution in [0.1, 0.15) is 11.1 Å². The number of aryl methyl sites for hydroxylation is 1. The molecule has 20 heavy (non-hydrogen) atoms. The fraction of sp³-hybridized carbons (Fsp3) is 0.143. The lowest BCUT2D eigenvalue weighted by molar-refractivity contribution is -0.384. The number of non-ortho nitro benzene ring substituents is 1. The van der Waals surface area contributed by atoms with Gasteiger partial charge in [0.1, 0.15) is 0 Å². The Morgan fingerprint density at radius 1 is 1.30 bits per heavy atom. The molecular weight excluding hydrogens is 344 g/mol. The minimum Gasteiger partial charge on any atom is -0.381 e. The number of hydrogen-bond acceptors (Lipinski definition) is 3. The summed E-state index contributed by atoms with van der Waals surface area (Å²) in [5.41, 5.74) is 2.79. The van der Waals surface area contributed by atoms with Gasteiger partial charge in [-0.1, -0.05) is 33.6 Å². The van der Waals surface area contributed by atoms with E-state index in [0.29, 0.717) is 17.1 Å². The lowest BCUT2D eigenvalue weighted by Crippen LogP contribution is -2.01. The van der Waals surface area contributed by atoms with Crippen LogP contribution in [-0.2, 0) is 6.54 Å². The van der Waals surface area contributed by atoms with Crippen molar-refractivity contribution >= 4 is 38.9 Å². The number of nitrogens with zero attached hydrogens (tertiary/aromatic N) is 1. The highest BCUT2D eigenvalue weighted by molar-refractivity contribution is 9.10. The molecule has 104 valence electrons. The summed E-state index contributed by atoms with van der Waals surface area (Å²) in [5, 5.41) is 14.5. The Morgan fingerprint density at radius 3 is 2.70 bits per heavy atom. The van der Waals surface area contributed by atoms with Crippen LogP contribution < -0.4 is 5.32 Å². The number of anilines is 1. The Morgan fingerprint density at radius 2 is 2.05 bits per heavy atom. The van der Waals surface area contributed by atoms with Gasteiger partial charge in [0.05, 0.1) is 4.92 Å². The average Bonchev–Trinajstić information content (AvgIpc) is 2.41. The number of hydrogen-bond donors (Lipinski definition) is 1. The molecule has 0 saturated heterocycles. The minimum absolute atomic E-state index is 0.0382. The number of nitro benzene ring substituents is 1. The maximum atomic E-state index is 10.8. The highest BCUT2D eigenvalue weighted by atomic mass is 79.9. The highest BCUT2D eigenvalue weighted by Crippen LogP contribution is 2.24. The standard InChI is InChI=1S/C14H12BrClN2O2/c1-9-2-3-11(7-13(9)15)17-8-10-6-12(18(19)20)4-5-14(10)16/h2-7,17H,8H2,1H3. The van der Waals surface area contributed by atoms with Gasteiger partial charge in [-0.2, -0.15) is 0 Å². The van der Waals surface area contributed by atoms with Crippen molar-refractivity contribution in [3.8, 4) is 0 Å². The summed E-state index contributed by atoms with van der Waals surface area (Å²) in [5.74, 6) is 0. The predicted molar refractivity (Wildman–Crippen MR) is 84.3 cm³/mol. The van der Waals surface area contributed by atoms with Gasteiger partial charge in [-0.3, -0.25) is 10.1 Å². The van der Waals surface area contributed by atoms with Gasteiger partial charge in [0, 0.05) is 33.9 Å². The zero-order chi connectivity index (χ0) is 14.7. The topological polar surface area (TPSA) is 55.2 Å². The third-order valence-electron chi connectivity index (χ3n) is 2.89. The molecular formula is C14H12BrClN2O2. The normalized spacial score (nSPS) is 10.3. The number of nitro groups is 1. The van der Waals surface area contributed by atoms with Crippen LogP contribution in [0, 0.1) is 17.0 Å². The van der Waals surface area contributed by atoms with Crippen molar-refractivity contribution in [3.05, 3.63) is 67.1 Å². The predicted octanol–water partition coefficient (Wildman–Crippen LogP) is 4.93.